The lowest BCUT2D eigenvalue weighted by molar-refractivity contribution is -0.117. The number of nitrogens with one attached hydrogen (secondary N) is 1. The van der Waals surface area contributed by atoms with Gasteiger partial charge >= 0.3 is 5.69 Å². The van der Waals surface area contributed by atoms with Crippen LogP contribution in [-0.2, 0) is 11.3 Å². The monoisotopic (exact) mass is 374 g/mol. The average molecular weight is 375 g/mol. The van der Waals surface area contributed by atoms with Gasteiger partial charge < -0.3 is 5.32 Å². The summed E-state index contributed by atoms with van der Waals surface area (Å²) in [6, 6.07) is 13.6. The van der Waals surface area contributed by atoms with Gasteiger partial charge in [-0.25, -0.2) is 9.48 Å². The smallest absolute Gasteiger partial charge is 0.324 e. The van der Waals surface area contributed by atoms with Gasteiger partial charge in [-0.05, 0) is 30.3 Å². The normalized spacial score (nSPS) is 10.5. The maximum Gasteiger partial charge on any atom is 0.365 e. The molecule has 1 amide bonds. The van der Waals surface area contributed by atoms with E-state index >= 15 is 0 Å². The molecule has 0 saturated carbocycles. The molecule has 0 aliphatic carbocycles. The van der Waals surface area contributed by atoms with Crippen molar-refractivity contribution in [2.24, 2.45) is 0 Å². The number of anilines is 1. The predicted octanol–water partition coefficient (Wildman–Crippen LogP) is 3.25. The number of benzene rings is 2. The van der Waals surface area contributed by atoms with Gasteiger partial charge in [-0.3, -0.25) is 4.79 Å². The van der Waals surface area contributed by atoms with Crippen LogP contribution in [-0.4, -0.2) is 20.7 Å². The molecule has 1 heterocycles. The molecule has 25 heavy (non-hydrogen) atoms. The van der Waals surface area contributed by atoms with E-state index in [2.05, 4.69) is 15.4 Å². The minimum atomic E-state index is -0.617. The van der Waals surface area contributed by atoms with Gasteiger partial charge in [0, 0.05) is 21.3 Å². The molecule has 8 heteroatoms. The lowest BCUT2D eigenvalue weighted by atomic mass is 10.2. The molecule has 0 radical (unpaired) electrons. The van der Waals surface area contributed by atoms with Crippen LogP contribution in [0.5, 0.6) is 0 Å². The maximum atomic E-state index is 12.1. The highest BCUT2D eigenvalue weighted by molar-refractivity contribution is 6.31. The number of amides is 1. The van der Waals surface area contributed by atoms with Gasteiger partial charge in [0.15, 0.2) is 0 Å². The minimum Gasteiger partial charge on any atom is -0.324 e. The van der Waals surface area contributed by atoms with Crippen LogP contribution < -0.4 is 11.0 Å². The Morgan fingerprint density at radius 3 is 2.52 bits per heavy atom. The van der Waals surface area contributed by atoms with Gasteiger partial charge in [0.05, 0.1) is 11.9 Å². The van der Waals surface area contributed by atoms with E-state index in [1.807, 2.05) is 0 Å². The van der Waals surface area contributed by atoms with Gasteiger partial charge in [0.25, 0.3) is 0 Å². The molecule has 126 valence electrons. The highest BCUT2D eigenvalue weighted by Gasteiger charge is 2.09. The SMILES string of the molecule is O=C(Cn1ncc(-c2ccc(Cl)cc2)nc1=O)Nc1cccc(Cl)c1. The van der Waals surface area contributed by atoms with E-state index in [1.54, 1.807) is 48.5 Å². The summed E-state index contributed by atoms with van der Waals surface area (Å²) in [6.45, 7) is -0.251. The Morgan fingerprint density at radius 2 is 1.84 bits per heavy atom. The third-order valence-corrected chi connectivity index (χ3v) is 3.79. The standard InChI is InChI=1S/C17H12Cl2N4O2/c18-12-6-4-11(5-7-12)15-9-20-23(17(25)22-15)10-16(24)21-14-3-1-2-13(19)8-14/h1-9H,10H2,(H,21,24). The fourth-order valence-electron chi connectivity index (χ4n) is 2.13. The summed E-state index contributed by atoms with van der Waals surface area (Å²) in [5.41, 5.74) is 1.04. The van der Waals surface area contributed by atoms with Crippen molar-refractivity contribution in [2.45, 2.75) is 6.54 Å². The fourth-order valence-corrected chi connectivity index (χ4v) is 2.45. The number of hydrogen-bond donors (Lipinski definition) is 1. The fraction of sp³-hybridized carbons (Fsp3) is 0.0588. The average Bonchev–Trinajstić information content (AvgIpc) is 2.57. The summed E-state index contributed by atoms with van der Waals surface area (Å²) < 4.78 is 0.985. The molecule has 0 bridgehead atoms. The first-order valence-electron chi connectivity index (χ1n) is 7.27. The molecule has 2 aromatic carbocycles. The maximum absolute atomic E-state index is 12.1. The molecule has 6 nitrogen and oxygen atoms in total. The van der Waals surface area contributed by atoms with Crippen LogP contribution in [0, 0.1) is 0 Å². The molecule has 0 aliphatic rings. The Labute approximate surface area is 153 Å². The highest BCUT2D eigenvalue weighted by Crippen LogP contribution is 2.18. The summed E-state index contributed by atoms with van der Waals surface area (Å²) in [6.07, 6.45) is 1.43. The van der Waals surface area contributed by atoms with E-state index in [9.17, 15) is 9.59 Å². The van der Waals surface area contributed by atoms with Crippen LogP contribution in [0.3, 0.4) is 0 Å². The van der Waals surface area contributed by atoms with E-state index in [-0.39, 0.29) is 6.54 Å². The van der Waals surface area contributed by atoms with Crippen molar-refractivity contribution in [2.75, 3.05) is 5.32 Å². The van der Waals surface area contributed by atoms with Crippen molar-refractivity contribution in [1.82, 2.24) is 14.8 Å². The molecule has 0 fully saturated rings. The van der Waals surface area contributed by atoms with Crippen molar-refractivity contribution in [3.05, 3.63) is 75.3 Å². The number of nitrogens with zero attached hydrogens (tertiary/aromatic N) is 3. The first-order valence-corrected chi connectivity index (χ1v) is 8.02. The highest BCUT2D eigenvalue weighted by atomic mass is 35.5. The van der Waals surface area contributed by atoms with Crippen LogP contribution in [0.4, 0.5) is 5.69 Å². The van der Waals surface area contributed by atoms with E-state index in [0.29, 0.717) is 27.0 Å². The van der Waals surface area contributed by atoms with Crippen molar-refractivity contribution in [3.8, 4) is 11.3 Å². The molecular formula is C17H12Cl2N4O2. The summed E-state index contributed by atoms with van der Waals surface area (Å²) in [5.74, 6) is -0.405. The Hall–Kier alpha value is -2.70. The Morgan fingerprint density at radius 1 is 1.08 bits per heavy atom. The van der Waals surface area contributed by atoms with Crippen LogP contribution >= 0.6 is 23.2 Å². The molecule has 0 saturated heterocycles. The first kappa shape index (κ1) is 17.1. The topological polar surface area (TPSA) is 76.9 Å². The number of carbonyl (C=O) groups excluding carboxylic acids is 1. The largest absolute Gasteiger partial charge is 0.365 e. The van der Waals surface area contributed by atoms with Gasteiger partial charge in [0.1, 0.15) is 6.54 Å². The van der Waals surface area contributed by atoms with E-state index < -0.39 is 11.6 Å². The molecule has 0 unspecified atom stereocenters. The molecule has 1 N–H and O–H groups in total. The van der Waals surface area contributed by atoms with Crippen molar-refractivity contribution >= 4 is 34.8 Å². The Bertz CT molecular complexity index is 971. The zero-order chi connectivity index (χ0) is 17.8. The quantitative estimate of drug-likeness (QED) is 0.760. The van der Waals surface area contributed by atoms with Gasteiger partial charge in [-0.2, -0.15) is 10.1 Å². The van der Waals surface area contributed by atoms with Gasteiger partial charge in [-0.1, -0.05) is 41.4 Å². The van der Waals surface area contributed by atoms with Crippen LogP contribution in [0.2, 0.25) is 10.0 Å². The van der Waals surface area contributed by atoms with Crippen molar-refractivity contribution in [1.29, 1.82) is 0 Å². The zero-order valence-corrected chi connectivity index (χ0v) is 14.3. The van der Waals surface area contributed by atoms with Gasteiger partial charge in [0.2, 0.25) is 5.91 Å². The minimum absolute atomic E-state index is 0.251. The van der Waals surface area contributed by atoms with Crippen LogP contribution in [0.1, 0.15) is 0 Å². The summed E-state index contributed by atoms with van der Waals surface area (Å²) >= 11 is 11.7. The molecule has 3 aromatic rings. The van der Waals surface area contributed by atoms with E-state index in [4.69, 9.17) is 23.2 Å². The number of aromatic nitrogens is 3. The summed E-state index contributed by atoms with van der Waals surface area (Å²) in [7, 11) is 0. The third kappa shape index (κ3) is 4.43. The Balaban J connectivity index is 1.74. The second-order valence-corrected chi connectivity index (χ2v) is 6.02. The van der Waals surface area contributed by atoms with Crippen LogP contribution in [0.25, 0.3) is 11.3 Å². The lowest BCUT2D eigenvalue weighted by Gasteiger charge is -2.07. The van der Waals surface area contributed by atoms with Crippen LogP contribution in [0.15, 0.2) is 59.5 Å². The summed E-state index contributed by atoms with van der Waals surface area (Å²) in [4.78, 5) is 28.1. The third-order valence-electron chi connectivity index (χ3n) is 3.30. The number of hydrogen-bond acceptors (Lipinski definition) is 4. The zero-order valence-electron chi connectivity index (χ0n) is 12.8. The lowest BCUT2D eigenvalue weighted by Crippen LogP contribution is -2.31. The molecule has 1 aromatic heterocycles. The molecule has 0 aliphatic heterocycles. The first-order chi connectivity index (χ1) is 12.0. The number of carbonyl (C=O) groups is 1. The summed E-state index contributed by atoms with van der Waals surface area (Å²) in [5, 5.41) is 7.73. The second-order valence-electron chi connectivity index (χ2n) is 5.15. The predicted molar refractivity (Wildman–Crippen MR) is 96.8 cm³/mol. The second kappa shape index (κ2) is 7.46. The molecular weight excluding hydrogens is 363 g/mol. The number of rotatable bonds is 4. The number of halogens is 2. The van der Waals surface area contributed by atoms with E-state index in [0.717, 1.165) is 4.68 Å². The molecule has 3 rings (SSSR count). The molecule has 0 atom stereocenters. The van der Waals surface area contributed by atoms with Gasteiger partial charge in [-0.15, -0.1) is 0 Å². The van der Waals surface area contributed by atoms with Crippen molar-refractivity contribution < 1.29 is 4.79 Å². The van der Waals surface area contributed by atoms with E-state index in [1.165, 1.54) is 6.20 Å². The van der Waals surface area contributed by atoms with Crippen molar-refractivity contribution in [3.63, 3.8) is 0 Å². The Kier molecular flexibility index (Phi) is 5.11. The molecule has 0 spiro atoms.